The Kier molecular flexibility index (Phi) is 3.65. The molecule has 1 N–H and O–H groups in total. The Morgan fingerprint density at radius 3 is 2.90 bits per heavy atom. The first kappa shape index (κ1) is 13.8. The molecule has 0 aromatic heterocycles. The molecule has 0 saturated carbocycles. The summed E-state index contributed by atoms with van der Waals surface area (Å²) in [6.07, 6.45) is 2.32. The van der Waals surface area contributed by atoms with Crippen LogP contribution in [-0.2, 0) is 9.47 Å². The molecule has 2 aliphatic heterocycles. The van der Waals surface area contributed by atoms with Gasteiger partial charge in [-0.1, -0.05) is 6.07 Å². The molecule has 1 aromatic carbocycles. The summed E-state index contributed by atoms with van der Waals surface area (Å²) in [5, 5.41) is 3.02. The first-order valence-corrected chi connectivity index (χ1v) is 7.02. The van der Waals surface area contributed by atoms with Gasteiger partial charge in [0.15, 0.2) is 5.82 Å². The van der Waals surface area contributed by atoms with E-state index in [1.165, 1.54) is 12.1 Å². The summed E-state index contributed by atoms with van der Waals surface area (Å²) < 4.78 is 39.1. The second kappa shape index (κ2) is 5.30. The van der Waals surface area contributed by atoms with Crippen molar-refractivity contribution in [2.75, 3.05) is 25.1 Å². The van der Waals surface area contributed by atoms with Crippen LogP contribution in [0.1, 0.15) is 24.8 Å². The number of nitrogens with one attached hydrogen (secondary N) is 1. The molecule has 2 unspecified atom stereocenters. The van der Waals surface area contributed by atoms with Gasteiger partial charge in [-0.05, 0) is 31.4 Å². The lowest BCUT2D eigenvalue weighted by molar-refractivity contribution is -0.0829. The molecule has 2 aliphatic rings. The van der Waals surface area contributed by atoms with Crippen LogP contribution in [0.2, 0.25) is 0 Å². The predicted molar refractivity (Wildman–Crippen MR) is 71.9 cm³/mol. The molecule has 2 atom stereocenters. The van der Waals surface area contributed by atoms with Crippen molar-refractivity contribution in [1.82, 2.24) is 0 Å². The van der Waals surface area contributed by atoms with Crippen LogP contribution < -0.4 is 5.32 Å². The highest BCUT2D eigenvalue weighted by molar-refractivity contribution is 5.49. The minimum Gasteiger partial charge on any atom is -0.378 e. The summed E-state index contributed by atoms with van der Waals surface area (Å²) in [6.45, 7) is 3.50. The van der Waals surface area contributed by atoms with Crippen molar-refractivity contribution in [2.45, 2.75) is 37.8 Å². The van der Waals surface area contributed by atoms with Gasteiger partial charge in [-0.25, -0.2) is 8.78 Å². The van der Waals surface area contributed by atoms with Crippen molar-refractivity contribution >= 4 is 5.69 Å². The Hall–Kier alpha value is -1.20. The van der Waals surface area contributed by atoms with Crippen molar-refractivity contribution in [2.24, 2.45) is 0 Å². The third-order valence-electron chi connectivity index (χ3n) is 4.19. The molecule has 2 heterocycles. The van der Waals surface area contributed by atoms with Crippen molar-refractivity contribution in [1.29, 1.82) is 0 Å². The molecule has 2 fully saturated rings. The lowest BCUT2D eigenvalue weighted by atomic mass is 9.89. The quantitative estimate of drug-likeness (QED) is 0.905. The van der Waals surface area contributed by atoms with Crippen LogP contribution in [0.15, 0.2) is 12.1 Å². The van der Waals surface area contributed by atoms with Crippen molar-refractivity contribution in [3.8, 4) is 0 Å². The molecule has 110 valence electrons. The fourth-order valence-corrected chi connectivity index (χ4v) is 3.01. The zero-order chi connectivity index (χ0) is 14.2. The second-order valence-corrected chi connectivity index (χ2v) is 5.72. The maximum atomic E-state index is 14.0. The number of benzene rings is 1. The molecule has 3 rings (SSSR count). The van der Waals surface area contributed by atoms with E-state index in [1.807, 2.05) is 0 Å². The number of hydrogen-bond donors (Lipinski definition) is 1. The van der Waals surface area contributed by atoms with E-state index >= 15 is 0 Å². The van der Waals surface area contributed by atoms with Gasteiger partial charge in [0.2, 0.25) is 0 Å². The smallest absolute Gasteiger partial charge is 0.152 e. The highest BCUT2D eigenvalue weighted by atomic mass is 19.1. The van der Waals surface area contributed by atoms with E-state index in [4.69, 9.17) is 9.47 Å². The maximum absolute atomic E-state index is 14.0. The SMILES string of the molecule is Cc1ccc(F)c(NC2CCOC3(CCOC3)C2)c1F. The van der Waals surface area contributed by atoms with Gasteiger partial charge in [0.25, 0.3) is 0 Å². The number of hydrogen-bond acceptors (Lipinski definition) is 3. The van der Waals surface area contributed by atoms with Gasteiger partial charge in [0.1, 0.15) is 11.5 Å². The average Bonchev–Trinajstić information content (AvgIpc) is 2.87. The molecule has 0 aliphatic carbocycles. The van der Waals surface area contributed by atoms with Crippen molar-refractivity contribution < 1.29 is 18.3 Å². The topological polar surface area (TPSA) is 30.5 Å². The molecule has 5 heteroatoms. The standard InChI is InChI=1S/C15H19F2NO2/c1-10-2-3-12(16)14(13(10)17)18-11-4-6-20-15(8-11)5-7-19-9-15/h2-3,11,18H,4-9H2,1H3. The highest BCUT2D eigenvalue weighted by Gasteiger charge is 2.41. The Morgan fingerprint density at radius 1 is 1.30 bits per heavy atom. The summed E-state index contributed by atoms with van der Waals surface area (Å²) >= 11 is 0. The number of aryl methyl sites for hydroxylation is 1. The molecule has 1 spiro atoms. The first-order valence-electron chi connectivity index (χ1n) is 7.02. The third kappa shape index (κ3) is 2.52. The van der Waals surface area contributed by atoms with Gasteiger partial charge in [-0.15, -0.1) is 0 Å². The molecule has 0 amide bonds. The van der Waals surface area contributed by atoms with Crippen LogP contribution in [0.4, 0.5) is 14.5 Å². The number of halogens is 2. The monoisotopic (exact) mass is 283 g/mol. The number of anilines is 1. The summed E-state index contributed by atoms with van der Waals surface area (Å²) in [5.41, 5.74) is 0.151. The predicted octanol–water partition coefficient (Wildman–Crippen LogP) is 3.02. The molecule has 20 heavy (non-hydrogen) atoms. The average molecular weight is 283 g/mol. The van der Waals surface area contributed by atoms with Gasteiger partial charge < -0.3 is 14.8 Å². The zero-order valence-corrected chi connectivity index (χ0v) is 11.5. The van der Waals surface area contributed by atoms with E-state index in [-0.39, 0.29) is 17.3 Å². The van der Waals surface area contributed by atoms with E-state index in [9.17, 15) is 8.78 Å². The zero-order valence-electron chi connectivity index (χ0n) is 11.5. The molecule has 3 nitrogen and oxygen atoms in total. The van der Waals surface area contributed by atoms with E-state index < -0.39 is 11.6 Å². The molecular weight excluding hydrogens is 264 g/mol. The van der Waals surface area contributed by atoms with Crippen LogP contribution in [0.25, 0.3) is 0 Å². The normalized spacial score (nSPS) is 29.9. The van der Waals surface area contributed by atoms with E-state index in [2.05, 4.69) is 5.32 Å². The Balaban J connectivity index is 1.76. The molecule has 0 radical (unpaired) electrons. The minimum absolute atomic E-state index is 0.0104. The van der Waals surface area contributed by atoms with Gasteiger partial charge in [0.05, 0.1) is 12.2 Å². The minimum atomic E-state index is -0.545. The highest BCUT2D eigenvalue weighted by Crippen LogP contribution is 2.34. The summed E-state index contributed by atoms with van der Waals surface area (Å²) in [4.78, 5) is 0. The van der Waals surface area contributed by atoms with Crippen LogP contribution >= 0.6 is 0 Å². The maximum Gasteiger partial charge on any atom is 0.152 e. The largest absolute Gasteiger partial charge is 0.378 e. The summed E-state index contributed by atoms with van der Waals surface area (Å²) in [6, 6.07) is 2.76. The summed E-state index contributed by atoms with van der Waals surface area (Å²) in [5.74, 6) is -1.05. The molecular formula is C15H19F2NO2. The van der Waals surface area contributed by atoms with Gasteiger partial charge in [-0.2, -0.15) is 0 Å². The third-order valence-corrected chi connectivity index (χ3v) is 4.19. The fraction of sp³-hybridized carbons (Fsp3) is 0.600. The molecule has 2 saturated heterocycles. The lowest BCUT2D eigenvalue weighted by Gasteiger charge is -2.37. The van der Waals surface area contributed by atoms with Gasteiger partial charge in [0, 0.05) is 25.7 Å². The van der Waals surface area contributed by atoms with Gasteiger partial charge >= 0.3 is 0 Å². The number of rotatable bonds is 2. The van der Waals surface area contributed by atoms with E-state index in [0.29, 0.717) is 25.4 Å². The molecule has 0 bridgehead atoms. The van der Waals surface area contributed by atoms with Crippen molar-refractivity contribution in [3.63, 3.8) is 0 Å². The number of ether oxygens (including phenoxy) is 2. The Morgan fingerprint density at radius 2 is 2.15 bits per heavy atom. The van der Waals surface area contributed by atoms with E-state index in [1.54, 1.807) is 6.92 Å². The van der Waals surface area contributed by atoms with E-state index in [0.717, 1.165) is 19.3 Å². The van der Waals surface area contributed by atoms with Crippen LogP contribution in [0, 0.1) is 18.6 Å². The second-order valence-electron chi connectivity index (χ2n) is 5.72. The van der Waals surface area contributed by atoms with Crippen LogP contribution in [0.5, 0.6) is 0 Å². The summed E-state index contributed by atoms with van der Waals surface area (Å²) in [7, 11) is 0. The Bertz CT molecular complexity index is 501. The van der Waals surface area contributed by atoms with Crippen LogP contribution in [-0.4, -0.2) is 31.5 Å². The molecule has 1 aromatic rings. The van der Waals surface area contributed by atoms with Gasteiger partial charge in [-0.3, -0.25) is 0 Å². The lowest BCUT2D eigenvalue weighted by Crippen LogP contribution is -2.45. The first-order chi connectivity index (χ1) is 9.60. The van der Waals surface area contributed by atoms with Crippen LogP contribution in [0.3, 0.4) is 0 Å². The Labute approximate surface area is 117 Å². The fourth-order valence-electron chi connectivity index (χ4n) is 3.01. The van der Waals surface area contributed by atoms with Crippen molar-refractivity contribution in [3.05, 3.63) is 29.3 Å².